The quantitative estimate of drug-likeness (QED) is 0.668. The Morgan fingerprint density at radius 3 is 2.86 bits per heavy atom. The summed E-state index contributed by atoms with van der Waals surface area (Å²) in [7, 11) is 2.27. The third kappa shape index (κ3) is 1.10. The second kappa shape index (κ2) is 3.06. The molecule has 1 aromatic rings. The minimum absolute atomic E-state index is 0.694. The standard InChI is InChI=1S/C12H16N2/c1-14-9-5-6-12(14)10(8-9)11-4-2-3-7-13-11/h2-4,7,9-10,12H,5-6,8H2,1H3/t9-,10+,12+/m0/s1/i1-1. The molecule has 0 saturated carbocycles. The van der Waals surface area contributed by atoms with E-state index in [0.717, 1.165) is 12.1 Å². The largest absolute Gasteiger partial charge is 0.300 e. The lowest BCUT2D eigenvalue weighted by Gasteiger charge is -2.20. The lowest BCUT2D eigenvalue weighted by Crippen LogP contribution is -2.25. The van der Waals surface area contributed by atoms with Gasteiger partial charge in [-0.05, 0) is 38.4 Å². The van der Waals surface area contributed by atoms with Gasteiger partial charge in [0.25, 0.3) is 0 Å². The third-order valence-electron chi connectivity index (χ3n) is 3.95. The number of rotatable bonds is 1. The highest BCUT2D eigenvalue weighted by Gasteiger charge is 2.44. The first-order valence-corrected chi connectivity index (χ1v) is 5.49. The van der Waals surface area contributed by atoms with E-state index in [-0.39, 0.29) is 0 Å². The van der Waals surface area contributed by atoms with Crippen LogP contribution in [0.15, 0.2) is 24.4 Å². The van der Waals surface area contributed by atoms with Crippen LogP contribution in [0.2, 0.25) is 0 Å². The molecule has 1 aromatic heterocycles. The average molecular weight is 187 g/mol. The molecule has 3 heterocycles. The summed E-state index contributed by atoms with van der Waals surface area (Å²) in [6.45, 7) is 0. The van der Waals surface area contributed by atoms with E-state index in [1.807, 2.05) is 12.3 Å². The van der Waals surface area contributed by atoms with Crippen LogP contribution in [-0.2, 0) is 0 Å². The summed E-state index contributed by atoms with van der Waals surface area (Å²) in [5, 5.41) is 0. The summed E-state index contributed by atoms with van der Waals surface area (Å²) in [5.74, 6) is 0.694. The highest BCUT2D eigenvalue weighted by molar-refractivity contribution is 5.18. The van der Waals surface area contributed by atoms with Crippen molar-refractivity contribution in [3.8, 4) is 0 Å². The number of pyridine rings is 1. The lowest BCUT2D eigenvalue weighted by atomic mass is 9.86. The van der Waals surface area contributed by atoms with Crippen LogP contribution in [-0.4, -0.2) is 29.0 Å². The maximum Gasteiger partial charge on any atom is 0.0450 e. The van der Waals surface area contributed by atoms with Crippen LogP contribution < -0.4 is 0 Å². The zero-order chi connectivity index (χ0) is 9.54. The summed E-state index contributed by atoms with van der Waals surface area (Å²) in [6.07, 6.45) is 5.99. The molecule has 3 rings (SSSR count). The number of nitrogens with zero attached hydrogens (tertiary/aromatic N) is 2. The summed E-state index contributed by atoms with van der Waals surface area (Å²) in [4.78, 5) is 7.04. The Hall–Kier alpha value is -0.890. The topological polar surface area (TPSA) is 16.1 Å². The number of likely N-dealkylation sites (N-methyl/N-ethyl adjacent to an activating group) is 1. The molecular weight excluding hydrogens is 171 g/mol. The molecule has 2 aliphatic heterocycles. The summed E-state index contributed by atoms with van der Waals surface area (Å²) in [6, 6.07) is 7.87. The number of fused-ring (bicyclic) bond motifs is 2. The summed E-state index contributed by atoms with van der Waals surface area (Å²) >= 11 is 0. The Kier molecular flexibility index (Phi) is 1.84. The Labute approximate surface area is 85.0 Å². The van der Waals surface area contributed by atoms with E-state index in [0.29, 0.717) is 5.92 Å². The fraction of sp³-hybridized carbons (Fsp3) is 0.583. The van der Waals surface area contributed by atoms with Crippen LogP contribution in [0.4, 0.5) is 0 Å². The predicted molar refractivity (Wildman–Crippen MR) is 56.2 cm³/mol. The lowest BCUT2D eigenvalue weighted by molar-refractivity contribution is 0.306. The van der Waals surface area contributed by atoms with Gasteiger partial charge in [0.15, 0.2) is 0 Å². The van der Waals surface area contributed by atoms with Crippen LogP contribution in [0.25, 0.3) is 0 Å². The Morgan fingerprint density at radius 2 is 2.29 bits per heavy atom. The highest BCUT2D eigenvalue weighted by Crippen LogP contribution is 2.44. The van der Waals surface area contributed by atoms with Crippen LogP contribution >= 0.6 is 0 Å². The number of hydrogen-bond acceptors (Lipinski definition) is 2. The van der Waals surface area contributed by atoms with Gasteiger partial charge in [0.2, 0.25) is 0 Å². The van der Waals surface area contributed by atoms with E-state index in [1.165, 1.54) is 25.0 Å². The van der Waals surface area contributed by atoms with Gasteiger partial charge in [-0.25, -0.2) is 0 Å². The molecule has 0 spiro atoms. The molecule has 0 N–H and O–H groups in total. The average Bonchev–Trinajstić information content (AvgIpc) is 2.76. The highest BCUT2D eigenvalue weighted by atomic mass is 15.2. The number of hydrogen-bond donors (Lipinski definition) is 0. The van der Waals surface area contributed by atoms with Crippen molar-refractivity contribution in [2.45, 2.75) is 37.3 Å². The second-order valence-corrected chi connectivity index (χ2v) is 4.56. The van der Waals surface area contributed by atoms with Crippen molar-refractivity contribution in [1.82, 2.24) is 9.88 Å². The van der Waals surface area contributed by atoms with Gasteiger partial charge in [-0.2, -0.15) is 0 Å². The molecule has 0 amide bonds. The van der Waals surface area contributed by atoms with Gasteiger partial charge in [0.1, 0.15) is 0 Å². The van der Waals surface area contributed by atoms with Crippen molar-refractivity contribution >= 4 is 0 Å². The third-order valence-corrected chi connectivity index (χ3v) is 3.95. The Morgan fingerprint density at radius 1 is 1.36 bits per heavy atom. The monoisotopic (exact) mass is 187 g/mol. The Bertz CT molecular complexity index is 322. The minimum Gasteiger partial charge on any atom is -0.300 e. The van der Waals surface area contributed by atoms with Crippen molar-refractivity contribution < 1.29 is 0 Å². The first kappa shape index (κ1) is 8.42. The molecule has 2 saturated heterocycles. The van der Waals surface area contributed by atoms with Crippen molar-refractivity contribution in [2.75, 3.05) is 7.05 Å². The van der Waals surface area contributed by atoms with Crippen molar-refractivity contribution in [3.63, 3.8) is 0 Å². The molecule has 2 aliphatic rings. The van der Waals surface area contributed by atoms with E-state index in [4.69, 9.17) is 0 Å². The van der Waals surface area contributed by atoms with E-state index < -0.39 is 0 Å². The van der Waals surface area contributed by atoms with Gasteiger partial charge < -0.3 is 0 Å². The first-order valence-electron chi connectivity index (χ1n) is 5.49. The van der Waals surface area contributed by atoms with Crippen molar-refractivity contribution in [2.24, 2.45) is 0 Å². The van der Waals surface area contributed by atoms with Crippen molar-refractivity contribution in [3.05, 3.63) is 30.1 Å². The molecule has 2 bridgehead atoms. The molecule has 0 radical (unpaired) electrons. The van der Waals surface area contributed by atoms with Gasteiger partial charge in [0, 0.05) is 29.9 Å². The van der Waals surface area contributed by atoms with Gasteiger partial charge in [-0.3, -0.25) is 9.88 Å². The van der Waals surface area contributed by atoms with Gasteiger partial charge >= 0.3 is 0 Å². The van der Waals surface area contributed by atoms with Crippen LogP contribution in [0.5, 0.6) is 0 Å². The molecule has 2 fully saturated rings. The van der Waals surface area contributed by atoms with E-state index in [2.05, 4.69) is 29.1 Å². The fourth-order valence-electron chi connectivity index (χ4n) is 3.17. The summed E-state index contributed by atoms with van der Waals surface area (Å²) in [5.41, 5.74) is 1.30. The molecule has 3 atom stereocenters. The van der Waals surface area contributed by atoms with Crippen LogP contribution in [0.1, 0.15) is 30.9 Å². The molecular formula is C12H16N2. The smallest absolute Gasteiger partial charge is 0.0450 e. The minimum atomic E-state index is 0.694. The Balaban J connectivity index is 1.89. The van der Waals surface area contributed by atoms with E-state index in [9.17, 15) is 0 Å². The second-order valence-electron chi connectivity index (χ2n) is 4.56. The zero-order valence-corrected chi connectivity index (χ0v) is 8.56. The van der Waals surface area contributed by atoms with Crippen LogP contribution in [0.3, 0.4) is 0 Å². The fourth-order valence-corrected chi connectivity index (χ4v) is 3.17. The maximum absolute atomic E-state index is 4.49. The molecule has 0 unspecified atom stereocenters. The molecule has 0 aromatic carbocycles. The van der Waals surface area contributed by atoms with E-state index in [1.54, 1.807) is 0 Å². The predicted octanol–water partition coefficient (Wildman–Crippen LogP) is 2.03. The SMILES string of the molecule is [11CH3]N1[C@H]2CC[C@@H]1[C@@H](c1ccccn1)C2. The molecule has 2 nitrogen and oxygen atoms in total. The van der Waals surface area contributed by atoms with Crippen LogP contribution in [0, 0.1) is 0 Å². The van der Waals surface area contributed by atoms with Gasteiger partial charge in [0.05, 0.1) is 0 Å². The van der Waals surface area contributed by atoms with Gasteiger partial charge in [-0.15, -0.1) is 0 Å². The molecule has 74 valence electrons. The molecule has 0 aliphatic carbocycles. The van der Waals surface area contributed by atoms with Gasteiger partial charge in [-0.1, -0.05) is 6.07 Å². The van der Waals surface area contributed by atoms with Crippen molar-refractivity contribution in [1.29, 1.82) is 0 Å². The number of aromatic nitrogens is 1. The molecule has 14 heavy (non-hydrogen) atoms. The maximum atomic E-state index is 4.49. The normalized spacial score (nSPS) is 36.5. The van der Waals surface area contributed by atoms with E-state index >= 15 is 0 Å². The molecule has 2 heteroatoms. The summed E-state index contributed by atoms with van der Waals surface area (Å²) < 4.78 is 0. The first-order chi connectivity index (χ1) is 6.86. The zero-order valence-electron chi connectivity index (χ0n) is 8.56.